The molecule has 0 unspecified atom stereocenters. The zero-order valence-electron chi connectivity index (χ0n) is 27.0. The minimum absolute atomic E-state index is 0.129. The van der Waals surface area contributed by atoms with Crippen molar-refractivity contribution in [3.8, 4) is 22.7 Å². The monoisotopic (exact) mass is 668 g/mol. The fourth-order valence-electron chi connectivity index (χ4n) is 6.38. The van der Waals surface area contributed by atoms with Crippen LogP contribution in [0.1, 0.15) is 67.2 Å². The van der Waals surface area contributed by atoms with Gasteiger partial charge in [0.25, 0.3) is 5.91 Å². The first-order valence-electron chi connectivity index (χ1n) is 15.7. The van der Waals surface area contributed by atoms with Crippen molar-refractivity contribution in [2.45, 2.75) is 51.5 Å². The lowest BCUT2D eigenvalue weighted by Crippen LogP contribution is -2.39. The maximum atomic E-state index is 14.9. The molecule has 4 heterocycles. The Balaban J connectivity index is 1.02. The van der Waals surface area contributed by atoms with Crippen LogP contribution < -0.4 is 4.74 Å². The van der Waals surface area contributed by atoms with Gasteiger partial charge in [0, 0.05) is 46.5 Å². The van der Waals surface area contributed by atoms with E-state index in [2.05, 4.69) is 25.8 Å². The van der Waals surface area contributed by atoms with Crippen LogP contribution in [0.25, 0.3) is 27.7 Å². The zero-order chi connectivity index (χ0) is 33.6. The third-order valence-electron chi connectivity index (χ3n) is 8.74. The van der Waals surface area contributed by atoms with Crippen molar-refractivity contribution in [2.75, 3.05) is 20.2 Å². The second-order valence-electron chi connectivity index (χ2n) is 13.0. The van der Waals surface area contributed by atoms with E-state index in [1.165, 1.54) is 16.8 Å². The molecule has 0 radical (unpaired) electrons. The lowest BCUT2D eigenvalue weighted by atomic mass is 9.89. The number of hydrogen-bond acceptors (Lipinski definition) is 8. The summed E-state index contributed by atoms with van der Waals surface area (Å²) in [6.07, 6.45) is 3.31. The SMILES string of the molecule is COc1ccc(-c2cn(Cc3cc(C4CCN(C(=O)c5nnn(-c6ccc(Cl)cc6F)c5C(C)(C)C)CC4)no3)nn2)c2ccccc12. The smallest absolute Gasteiger partial charge is 0.276 e. The summed E-state index contributed by atoms with van der Waals surface area (Å²) in [5.74, 6) is 0.829. The molecule has 13 heteroatoms. The fraction of sp³-hybridized carbons (Fsp3) is 0.314. The van der Waals surface area contributed by atoms with Crippen molar-refractivity contribution in [1.29, 1.82) is 0 Å². The maximum absolute atomic E-state index is 14.9. The van der Waals surface area contributed by atoms with E-state index in [1.54, 1.807) is 22.8 Å². The highest BCUT2D eigenvalue weighted by Crippen LogP contribution is 2.35. The summed E-state index contributed by atoms with van der Waals surface area (Å²) in [5.41, 5.74) is 2.96. The van der Waals surface area contributed by atoms with E-state index in [4.69, 9.17) is 20.9 Å². The number of halogens is 2. The number of carbonyl (C=O) groups is 1. The van der Waals surface area contributed by atoms with Gasteiger partial charge in [-0.05, 0) is 48.6 Å². The van der Waals surface area contributed by atoms with Crippen LogP contribution in [0.3, 0.4) is 0 Å². The Labute approximate surface area is 281 Å². The van der Waals surface area contributed by atoms with Gasteiger partial charge < -0.3 is 14.2 Å². The van der Waals surface area contributed by atoms with Crippen molar-refractivity contribution >= 4 is 28.3 Å². The molecule has 11 nitrogen and oxygen atoms in total. The van der Waals surface area contributed by atoms with Gasteiger partial charge in [-0.1, -0.05) is 72.2 Å². The average molecular weight is 669 g/mol. The first-order valence-corrected chi connectivity index (χ1v) is 16.1. The van der Waals surface area contributed by atoms with Crippen LogP contribution in [0, 0.1) is 5.82 Å². The fourth-order valence-corrected chi connectivity index (χ4v) is 6.53. The number of aromatic nitrogens is 7. The molecule has 0 N–H and O–H groups in total. The normalized spacial score (nSPS) is 14.2. The average Bonchev–Trinajstić information content (AvgIpc) is 3.85. The molecule has 246 valence electrons. The summed E-state index contributed by atoms with van der Waals surface area (Å²) >= 11 is 5.96. The number of fused-ring (bicyclic) bond motifs is 1. The lowest BCUT2D eigenvalue weighted by Gasteiger charge is -2.31. The lowest BCUT2D eigenvalue weighted by molar-refractivity contribution is 0.0702. The summed E-state index contributed by atoms with van der Waals surface area (Å²) in [5, 5.41) is 23.9. The van der Waals surface area contributed by atoms with Crippen LogP contribution >= 0.6 is 11.6 Å². The topological polar surface area (TPSA) is 117 Å². The van der Waals surface area contributed by atoms with Crippen molar-refractivity contribution < 1.29 is 18.4 Å². The Morgan fingerprint density at radius 3 is 2.52 bits per heavy atom. The number of ether oxygens (including phenoxy) is 1. The number of hydrogen-bond donors (Lipinski definition) is 0. The van der Waals surface area contributed by atoms with Crippen LogP contribution in [0.15, 0.2) is 71.4 Å². The number of nitrogens with zero attached hydrogens (tertiary/aromatic N) is 8. The molecule has 1 aliphatic rings. The van der Waals surface area contributed by atoms with Crippen molar-refractivity contribution in [3.05, 3.63) is 101 Å². The number of amides is 1. The highest BCUT2D eigenvalue weighted by atomic mass is 35.5. The standard InChI is InChI=1S/C35H34ClFN8O3/c1-35(2,3)33-32(39-42-45(33)30-11-9-22(36)17-27(30)37)34(46)43-15-13-21(14-16-43)28-18-23(48-40-28)19-44-20-29(38-41-44)25-10-12-31(47-4)26-8-6-5-7-24(25)26/h5-12,17-18,20-21H,13-16,19H2,1-4H3. The second-order valence-corrected chi connectivity index (χ2v) is 13.4. The van der Waals surface area contributed by atoms with Crippen molar-refractivity contribution in [2.24, 2.45) is 0 Å². The maximum Gasteiger partial charge on any atom is 0.276 e. The van der Waals surface area contributed by atoms with Gasteiger partial charge in [0.15, 0.2) is 11.5 Å². The summed E-state index contributed by atoms with van der Waals surface area (Å²) in [6.45, 7) is 7.25. The Hall–Kier alpha value is -5.10. The second kappa shape index (κ2) is 12.5. The highest BCUT2D eigenvalue weighted by molar-refractivity contribution is 6.30. The molecular weight excluding hydrogens is 635 g/mol. The summed E-state index contributed by atoms with van der Waals surface area (Å²) in [7, 11) is 1.66. The van der Waals surface area contributed by atoms with Gasteiger partial charge in [-0.25, -0.2) is 13.8 Å². The Morgan fingerprint density at radius 2 is 1.79 bits per heavy atom. The number of piperidine rings is 1. The van der Waals surface area contributed by atoms with Gasteiger partial charge >= 0.3 is 0 Å². The predicted molar refractivity (Wildman–Crippen MR) is 178 cm³/mol. The highest BCUT2D eigenvalue weighted by Gasteiger charge is 2.34. The van der Waals surface area contributed by atoms with Gasteiger partial charge in [-0.15, -0.1) is 10.2 Å². The molecule has 6 aromatic rings. The minimum Gasteiger partial charge on any atom is -0.496 e. The molecule has 3 aromatic carbocycles. The molecule has 48 heavy (non-hydrogen) atoms. The van der Waals surface area contributed by atoms with Crippen LogP contribution in [0.2, 0.25) is 5.02 Å². The molecule has 1 saturated heterocycles. The molecule has 1 aliphatic heterocycles. The van der Waals surface area contributed by atoms with E-state index in [0.29, 0.717) is 43.9 Å². The quantitative estimate of drug-likeness (QED) is 0.182. The summed E-state index contributed by atoms with van der Waals surface area (Å²) < 4.78 is 29.2. The number of methoxy groups -OCH3 is 1. The molecule has 0 aliphatic carbocycles. The van der Waals surface area contributed by atoms with Crippen LogP contribution in [0.4, 0.5) is 4.39 Å². The molecule has 0 saturated carbocycles. The molecule has 0 bridgehead atoms. The van der Waals surface area contributed by atoms with E-state index in [0.717, 1.165) is 33.5 Å². The van der Waals surface area contributed by atoms with Gasteiger partial charge in [-0.2, -0.15) is 0 Å². The molecule has 1 fully saturated rings. The van der Waals surface area contributed by atoms with E-state index in [-0.39, 0.29) is 28.2 Å². The third kappa shape index (κ3) is 5.92. The first-order chi connectivity index (χ1) is 23.1. The molecule has 0 spiro atoms. The first kappa shape index (κ1) is 31.5. The number of rotatable bonds is 7. The van der Waals surface area contributed by atoms with Crippen molar-refractivity contribution in [1.82, 2.24) is 40.0 Å². The van der Waals surface area contributed by atoms with Crippen LogP contribution in [0.5, 0.6) is 5.75 Å². The Bertz CT molecular complexity index is 2120. The van der Waals surface area contributed by atoms with Gasteiger partial charge in [0.1, 0.15) is 29.5 Å². The van der Waals surface area contributed by atoms with Crippen molar-refractivity contribution in [3.63, 3.8) is 0 Å². The third-order valence-corrected chi connectivity index (χ3v) is 8.97. The summed E-state index contributed by atoms with van der Waals surface area (Å²) in [6, 6.07) is 18.3. The number of carbonyl (C=O) groups excluding carboxylic acids is 1. The van der Waals surface area contributed by atoms with Crippen LogP contribution in [-0.2, 0) is 12.0 Å². The van der Waals surface area contributed by atoms with E-state index in [9.17, 15) is 9.18 Å². The zero-order valence-corrected chi connectivity index (χ0v) is 27.8. The Kier molecular flexibility index (Phi) is 8.20. The molecule has 0 atom stereocenters. The molecule has 3 aromatic heterocycles. The Morgan fingerprint density at radius 1 is 1.02 bits per heavy atom. The molecule has 7 rings (SSSR count). The molecule has 1 amide bonds. The van der Waals surface area contributed by atoms with Gasteiger partial charge in [0.2, 0.25) is 0 Å². The predicted octanol–water partition coefficient (Wildman–Crippen LogP) is 6.83. The minimum atomic E-state index is -0.542. The van der Waals surface area contributed by atoms with Gasteiger partial charge in [-0.3, -0.25) is 4.79 Å². The van der Waals surface area contributed by atoms with E-state index >= 15 is 0 Å². The molecular formula is C35H34ClFN8O3. The van der Waals surface area contributed by atoms with Crippen LogP contribution in [-0.4, -0.2) is 66.2 Å². The van der Waals surface area contributed by atoms with E-state index < -0.39 is 11.2 Å². The number of benzene rings is 3. The summed E-state index contributed by atoms with van der Waals surface area (Å²) in [4.78, 5) is 15.5. The van der Waals surface area contributed by atoms with Gasteiger partial charge in [0.05, 0.1) is 24.7 Å². The largest absolute Gasteiger partial charge is 0.496 e. The van der Waals surface area contributed by atoms with E-state index in [1.807, 2.05) is 69.4 Å². The number of likely N-dealkylation sites (tertiary alicyclic amines) is 1.